The molecule has 0 amide bonds. The number of pyridine rings is 1. The molecule has 4 heterocycles. The van der Waals surface area contributed by atoms with Crippen molar-refractivity contribution in [2.24, 2.45) is 0 Å². The van der Waals surface area contributed by atoms with Gasteiger partial charge in [-0.05, 0) is 37.5 Å². The summed E-state index contributed by atoms with van der Waals surface area (Å²) in [7, 11) is 3.43. The van der Waals surface area contributed by atoms with Gasteiger partial charge in [-0.25, -0.2) is 4.98 Å². The zero-order chi connectivity index (χ0) is 22.8. The Bertz CT molecular complexity index is 1190. The van der Waals surface area contributed by atoms with Crippen LogP contribution in [0.1, 0.15) is 29.7 Å². The Balaban J connectivity index is 1.41. The molecule has 8 nitrogen and oxygen atoms in total. The van der Waals surface area contributed by atoms with Gasteiger partial charge < -0.3 is 19.4 Å². The lowest BCUT2D eigenvalue weighted by Crippen LogP contribution is -2.35. The highest BCUT2D eigenvalue weighted by molar-refractivity contribution is 5.64. The van der Waals surface area contributed by atoms with Gasteiger partial charge in [0.05, 0.1) is 25.6 Å². The van der Waals surface area contributed by atoms with Crippen LogP contribution in [0.25, 0.3) is 11.5 Å². The Labute approximate surface area is 193 Å². The molecule has 1 N–H and O–H groups in total. The molecule has 0 unspecified atom stereocenters. The van der Waals surface area contributed by atoms with Gasteiger partial charge in [-0.1, -0.05) is 6.07 Å². The first-order chi connectivity index (χ1) is 16.2. The van der Waals surface area contributed by atoms with Gasteiger partial charge in [0.15, 0.2) is 5.82 Å². The number of ether oxygens (including phenoxy) is 2. The van der Waals surface area contributed by atoms with Crippen LogP contribution in [0, 0.1) is 0 Å². The van der Waals surface area contributed by atoms with Crippen molar-refractivity contribution in [3.8, 4) is 23.0 Å². The molecule has 2 aromatic heterocycles. The van der Waals surface area contributed by atoms with E-state index in [2.05, 4.69) is 31.9 Å². The number of aromatic amines is 1. The fraction of sp³-hybridized carbons (Fsp3) is 0.400. The number of rotatable bonds is 6. The molecular formula is C25H29N5O3. The number of anilines is 1. The molecular weight excluding hydrogens is 418 g/mol. The average molecular weight is 448 g/mol. The molecule has 2 aliphatic rings. The zero-order valence-corrected chi connectivity index (χ0v) is 19.1. The number of H-pyrrole nitrogens is 1. The zero-order valence-electron chi connectivity index (χ0n) is 19.1. The van der Waals surface area contributed by atoms with Crippen LogP contribution in [0.2, 0.25) is 0 Å². The van der Waals surface area contributed by atoms with Crippen molar-refractivity contribution in [3.63, 3.8) is 0 Å². The van der Waals surface area contributed by atoms with E-state index in [9.17, 15) is 4.79 Å². The van der Waals surface area contributed by atoms with Gasteiger partial charge in [0, 0.05) is 56.1 Å². The van der Waals surface area contributed by atoms with Crippen LogP contribution in [0.15, 0.2) is 41.3 Å². The highest BCUT2D eigenvalue weighted by Crippen LogP contribution is 2.38. The Morgan fingerprint density at radius 1 is 1.06 bits per heavy atom. The Morgan fingerprint density at radius 2 is 1.88 bits per heavy atom. The van der Waals surface area contributed by atoms with Gasteiger partial charge in [0.1, 0.15) is 17.2 Å². The summed E-state index contributed by atoms with van der Waals surface area (Å²) in [5.41, 5.74) is 4.32. The molecule has 0 bridgehead atoms. The van der Waals surface area contributed by atoms with Gasteiger partial charge in [-0.2, -0.15) is 0 Å². The van der Waals surface area contributed by atoms with Crippen molar-refractivity contribution >= 4 is 5.69 Å². The second kappa shape index (κ2) is 9.23. The second-order valence-corrected chi connectivity index (χ2v) is 8.55. The molecule has 8 heteroatoms. The molecule has 0 atom stereocenters. The minimum Gasteiger partial charge on any atom is -0.496 e. The normalized spacial score (nSPS) is 16.0. The largest absolute Gasteiger partial charge is 0.496 e. The Morgan fingerprint density at radius 3 is 2.61 bits per heavy atom. The maximum Gasteiger partial charge on any atom is 0.254 e. The van der Waals surface area contributed by atoms with Gasteiger partial charge in [0.2, 0.25) is 0 Å². The molecule has 1 saturated heterocycles. The summed E-state index contributed by atoms with van der Waals surface area (Å²) >= 11 is 0. The summed E-state index contributed by atoms with van der Waals surface area (Å²) in [4.78, 5) is 29.3. The minimum absolute atomic E-state index is 0.0745. The van der Waals surface area contributed by atoms with Crippen molar-refractivity contribution in [3.05, 3.63) is 63.7 Å². The SMILES string of the molecule is COc1cc(N2CCCC2)c(OC)cc1CN1CCc2c(nc(-c3ccccn3)[nH]c2=O)C1. The number of benzene rings is 1. The smallest absolute Gasteiger partial charge is 0.254 e. The number of nitrogens with zero attached hydrogens (tertiary/aromatic N) is 4. The Hall–Kier alpha value is -3.39. The fourth-order valence-corrected chi connectivity index (χ4v) is 4.77. The van der Waals surface area contributed by atoms with Gasteiger partial charge in [0.25, 0.3) is 5.56 Å². The predicted octanol–water partition coefficient (Wildman–Crippen LogP) is 3.01. The molecule has 3 aromatic rings. The van der Waals surface area contributed by atoms with Crippen LogP contribution in [0.5, 0.6) is 11.5 Å². The minimum atomic E-state index is -0.0745. The van der Waals surface area contributed by atoms with E-state index >= 15 is 0 Å². The topological polar surface area (TPSA) is 83.6 Å². The third-order valence-corrected chi connectivity index (χ3v) is 6.48. The fourth-order valence-electron chi connectivity index (χ4n) is 4.77. The number of nitrogens with one attached hydrogen (secondary N) is 1. The van der Waals surface area contributed by atoms with Gasteiger partial charge in [-0.3, -0.25) is 14.7 Å². The Kier molecular flexibility index (Phi) is 6.00. The van der Waals surface area contributed by atoms with E-state index in [-0.39, 0.29) is 5.56 Å². The van der Waals surface area contributed by atoms with Crippen molar-refractivity contribution in [1.29, 1.82) is 0 Å². The van der Waals surface area contributed by atoms with Crippen LogP contribution < -0.4 is 19.9 Å². The van der Waals surface area contributed by atoms with Gasteiger partial charge >= 0.3 is 0 Å². The van der Waals surface area contributed by atoms with Crippen LogP contribution in [-0.2, 0) is 19.5 Å². The van der Waals surface area contributed by atoms with Crippen LogP contribution in [0.4, 0.5) is 5.69 Å². The molecule has 0 aliphatic carbocycles. The molecule has 5 rings (SSSR count). The standard InChI is InChI=1S/C25H29N5O3/c1-32-22-14-21(30-10-5-6-11-30)23(33-2)13-17(22)15-29-12-8-18-20(16-29)27-24(28-25(18)31)19-7-3-4-9-26-19/h3-4,7,9,13-14H,5-6,8,10-12,15-16H2,1-2H3,(H,27,28,31). The molecule has 0 spiro atoms. The summed E-state index contributed by atoms with van der Waals surface area (Å²) in [6.45, 7) is 4.15. The average Bonchev–Trinajstić information content (AvgIpc) is 3.39. The molecule has 0 saturated carbocycles. The lowest BCUT2D eigenvalue weighted by Gasteiger charge is -2.29. The van der Waals surface area contributed by atoms with Crippen molar-refractivity contribution in [1.82, 2.24) is 19.9 Å². The monoisotopic (exact) mass is 447 g/mol. The molecule has 1 aromatic carbocycles. The van der Waals surface area contributed by atoms with E-state index in [1.165, 1.54) is 12.8 Å². The predicted molar refractivity (Wildman–Crippen MR) is 127 cm³/mol. The molecule has 2 aliphatic heterocycles. The highest BCUT2D eigenvalue weighted by atomic mass is 16.5. The summed E-state index contributed by atoms with van der Waals surface area (Å²) in [6, 6.07) is 9.77. The van der Waals surface area contributed by atoms with Crippen molar-refractivity contribution in [2.75, 3.05) is 38.8 Å². The molecule has 33 heavy (non-hydrogen) atoms. The summed E-state index contributed by atoms with van der Waals surface area (Å²) in [5.74, 6) is 2.24. The first-order valence-electron chi connectivity index (χ1n) is 11.4. The van der Waals surface area contributed by atoms with Crippen molar-refractivity contribution in [2.45, 2.75) is 32.4 Å². The van der Waals surface area contributed by atoms with E-state index in [0.717, 1.165) is 53.6 Å². The maximum atomic E-state index is 12.7. The van der Waals surface area contributed by atoms with E-state index in [1.807, 2.05) is 18.2 Å². The lowest BCUT2D eigenvalue weighted by atomic mass is 10.0. The first kappa shape index (κ1) is 21.5. The molecule has 0 radical (unpaired) electrons. The van der Waals surface area contributed by atoms with Crippen LogP contribution in [-0.4, -0.2) is 53.7 Å². The van der Waals surface area contributed by atoms with Crippen LogP contribution >= 0.6 is 0 Å². The number of fused-ring (bicyclic) bond motifs is 1. The summed E-state index contributed by atoms with van der Waals surface area (Å²) in [5, 5.41) is 0. The number of hydrogen-bond acceptors (Lipinski definition) is 7. The molecule has 1 fully saturated rings. The third kappa shape index (κ3) is 4.30. The quantitative estimate of drug-likeness (QED) is 0.622. The van der Waals surface area contributed by atoms with E-state index in [4.69, 9.17) is 14.5 Å². The van der Waals surface area contributed by atoms with Gasteiger partial charge in [-0.15, -0.1) is 0 Å². The van der Waals surface area contributed by atoms with E-state index in [1.54, 1.807) is 20.4 Å². The van der Waals surface area contributed by atoms with E-state index in [0.29, 0.717) is 31.0 Å². The van der Waals surface area contributed by atoms with Crippen molar-refractivity contribution < 1.29 is 9.47 Å². The maximum absolute atomic E-state index is 12.7. The number of aromatic nitrogens is 3. The summed E-state index contributed by atoms with van der Waals surface area (Å²) in [6.07, 6.45) is 4.76. The number of methoxy groups -OCH3 is 2. The highest BCUT2D eigenvalue weighted by Gasteiger charge is 2.24. The van der Waals surface area contributed by atoms with Crippen LogP contribution in [0.3, 0.4) is 0 Å². The second-order valence-electron chi connectivity index (χ2n) is 8.55. The van der Waals surface area contributed by atoms with E-state index < -0.39 is 0 Å². The summed E-state index contributed by atoms with van der Waals surface area (Å²) < 4.78 is 11.5. The lowest BCUT2D eigenvalue weighted by molar-refractivity contribution is 0.236. The third-order valence-electron chi connectivity index (χ3n) is 6.48. The molecule has 172 valence electrons. The number of hydrogen-bond donors (Lipinski definition) is 1. The first-order valence-corrected chi connectivity index (χ1v) is 11.4.